The van der Waals surface area contributed by atoms with Crippen molar-refractivity contribution in [1.29, 1.82) is 0 Å². The van der Waals surface area contributed by atoms with E-state index in [9.17, 15) is 17.6 Å². The lowest BCUT2D eigenvalue weighted by molar-refractivity contribution is 0.361. The Balaban J connectivity index is 1.94. The van der Waals surface area contributed by atoms with Gasteiger partial charge in [-0.25, -0.2) is 8.78 Å². The molecule has 0 atom stereocenters. The van der Waals surface area contributed by atoms with Crippen LogP contribution in [-0.4, -0.2) is 0 Å². The smallest absolute Gasteiger partial charge is 0.204 e. The average Bonchev–Trinajstić information content (AvgIpc) is 2.66. The van der Waals surface area contributed by atoms with Crippen molar-refractivity contribution in [3.8, 4) is 23.0 Å². The average molecular weight is 600 g/mol. The number of hydrogen-bond donors (Lipinski definition) is 0. The van der Waals surface area contributed by atoms with Crippen LogP contribution < -0.4 is 9.47 Å². The molecule has 0 unspecified atom stereocenters. The minimum Gasteiger partial charge on any atom is -0.456 e. The Morgan fingerprint density at radius 2 is 1.26 bits per heavy atom. The lowest BCUT2D eigenvalue weighted by Crippen LogP contribution is -2.03. The largest absolute Gasteiger partial charge is 0.456 e. The van der Waals surface area contributed by atoms with Gasteiger partial charge >= 0.3 is 0 Å². The van der Waals surface area contributed by atoms with E-state index in [1.807, 2.05) is 34.7 Å². The third kappa shape index (κ3) is 4.31. The van der Waals surface area contributed by atoms with E-state index in [4.69, 9.17) is 9.47 Å². The lowest BCUT2D eigenvalue weighted by Gasteiger charge is -2.13. The first-order valence-corrected chi connectivity index (χ1v) is 9.67. The third-order valence-corrected chi connectivity index (χ3v) is 5.22. The lowest BCUT2D eigenvalue weighted by atomic mass is 10.2. The van der Waals surface area contributed by atoms with Crippen molar-refractivity contribution in [2.75, 3.05) is 0 Å². The Labute approximate surface area is 179 Å². The summed E-state index contributed by atoms with van der Waals surface area (Å²) in [7, 11) is 0. The highest BCUT2D eigenvalue weighted by atomic mass is 127. The molecule has 0 bridgehead atoms. The molecule has 0 amide bonds. The molecule has 8 heteroatoms. The summed E-state index contributed by atoms with van der Waals surface area (Å²) in [6, 6.07) is 11.6. The van der Waals surface area contributed by atoms with Gasteiger partial charge in [-0.05, 0) is 88.5 Å². The van der Waals surface area contributed by atoms with Gasteiger partial charge in [0.15, 0.2) is 11.6 Å². The Kier molecular flexibility index (Phi) is 6.14. The highest BCUT2D eigenvalue weighted by Crippen LogP contribution is 2.36. The van der Waals surface area contributed by atoms with Gasteiger partial charge in [-0.3, -0.25) is 0 Å². The molecule has 140 valence electrons. The maximum absolute atomic E-state index is 14.0. The van der Waals surface area contributed by atoms with Crippen LogP contribution in [0, 0.1) is 37.3 Å². The monoisotopic (exact) mass is 600 g/mol. The molecule has 0 aliphatic heterocycles. The first-order chi connectivity index (χ1) is 12.8. The van der Waals surface area contributed by atoms with E-state index >= 15 is 0 Å². The molecule has 27 heavy (non-hydrogen) atoms. The molecule has 3 rings (SSSR count). The second-order valence-electron chi connectivity index (χ2n) is 5.46. The molecule has 2 nitrogen and oxygen atoms in total. The number of rotatable bonds is 4. The maximum Gasteiger partial charge on any atom is 0.204 e. The molecule has 3 aromatic rings. The summed E-state index contributed by atoms with van der Waals surface area (Å²) in [5, 5.41) is 0. The molecular formula is C19H10F4I2O2. The van der Waals surface area contributed by atoms with Crippen molar-refractivity contribution in [2.24, 2.45) is 0 Å². The Morgan fingerprint density at radius 3 is 1.85 bits per heavy atom. The van der Waals surface area contributed by atoms with E-state index in [-0.39, 0.29) is 5.75 Å². The zero-order valence-corrected chi connectivity index (χ0v) is 17.9. The molecule has 0 heterocycles. The van der Waals surface area contributed by atoms with Crippen molar-refractivity contribution in [1.82, 2.24) is 0 Å². The normalized spacial score (nSPS) is 10.8. The van der Waals surface area contributed by atoms with Gasteiger partial charge in [-0.2, -0.15) is 8.78 Å². The Bertz CT molecular complexity index is 979. The van der Waals surface area contributed by atoms with Crippen LogP contribution >= 0.6 is 45.2 Å². The maximum atomic E-state index is 14.0. The highest BCUT2D eigenvalue weighted by Gasteiger charge is 2.25. The number of ether oxygens (including phenoxy) is 2. The van der Waals surface area contributed by atoms with Crippen molar-refractivity contribution in [2.45, 2.75) is 6.92 Å². The van der Waals surface area contributed by atoms with Crippen LogP contribution in [0.3, 0.4) is 0 Å². The predicted molar refractivity (Wildman–Crippen MR) is 109 cm³/mol. The van der Waals surface area contributed by atoms with Crippen LogP contribution in [0.4, 0.5) is 17.6 Å². The first-order valence-electron chi connectivity index (χ1n) is 7.51. The second-order valence-corrected chi connectivity index (χ2v) is 7.87. The summed E-state index contributed by atoms with van der Waals surface area (Å²) in [6.07, 6.45) is 0. The molecule has 0 N–H and O–H groups in total. The highest BCUT2D eigenvalue weighted by molar-refractivity contribution is 14.1. The van der Waals surface area contributed by atoms with E-state index in [1.165, 1.54) is 12.1 Å². The first kappa shape index (κ1) is 20.2. The van der Waals surface area contributed by atoms with Crippen LogP contribution in [0.25, 0.3) is 0 Å². The molecule has 0 aromatic heterocycles. The zero-order valence-electron chi connectivity index (χ0n) is 13.6. The Morgan fingerprint density at radius 1 is 0.704 bits per heavy atom. The molecular weight excluding hydrogens is 590 g/mol. The third-order valence-electron chi connectivity index (χ3n) is 3.61. The van der Waals surface area contributed by atoms with Gasteiger partial charge in [0.05, 0.1) is 3.57 Å². The van der Waals surface area contributed by atoms with Crippen molar-refractivity contribution in [3.05, 3.63) is 78.4 Å². The minimum absolute atomic E-state index is 0.0311. The fourth-order valence-corrected chi connectivity index (χ4v) is 2.99. The van der Waals surface area contributed by atoms with Gasteiger partial charge in [0.1, 0.15) is 17.2 Å². The molecule has 0 aliphatic carbocycles. The van der Waals surface area contributed by atoms with E-state index in [1.54, 1.807) is 18.2 Å². The fraction of sp³-hybridized carbons (Fsp3) is 0.0526. The zero-order chi connectivity index (χ0) is 19.7. The SMILES string of the molecule is Cc1c(F)c(F)c(Oc2ccc(I)c(Oc3ccc(I)cc3)c2)c(F)c1F. The molecule has 0 fully saturated rings. The van der Waals surface area contributed by atoms with Gasteiger partial charge in [0.25, 0.3) is 0 Å². The Hall–Kier alpha value is -1.56. The summed E-state index contributed by atoms with van der Waals surface area (Å²) in [4.78, 5) is 0. The van der Waals surface area contributed by atoms with Gasteiger partial charge in [-0.1, -0.05) is 0 Å². The van der Waals surface area contributed by atoms with Crippen LogP contribution in [0.1, 0.15) is 5.56 Å². The molecule has 0 spiro atoms. The van der Waals surface area contributed by atoms with Crippen molar-refractivity contribution >= 4 is 45.2 Å². The summed E-state index contributed by atoms with van der Waals surface area (Å²) < 4.78 is 68.0. The van der Waals surface area contributed by atoms with Gasteiger partial charge in [0, 0.05) is 15.2 Å². The van der Waals surface area contributed by atoms with Crippen molar-refractivity contribution < 1.29 is 27.0 Å². The quantitative estimate of drug-likeness (QED) is 0.177. The molecule has 3 aromatic carbocycles. The standard InChI is InChI=1S/C19H10F4I2O2/c1-9-15(20)17(22)19(18(23)16(9)21)27-12-6-7-13(25)14(8-12)26-11-4-2-10(24)3-5-11/h2-8H,1H3. The molecule has 0 saturated heterocycles. The fourth-order valence-electron chi connectivity index (χ4n) is 2.18. The number of halogens is 6. The predicted octanol–water partition coefficient (Wildman–Crippen LogP) is 7.35. The van der Waals surface area contributed by atoms with Gasteiger partial charge in [-0.15, -0.1) is 0 Å². The summed E-state index contributed by atoms with van der Waals surface area (Å²) in [6.45, 7) is 0.943. The van der Waals surface area contributed by atoms with Crippen LogP contribution in [0.2, 0.25) is 0 Å². The van der Waals surface area contributed by atoms with E-state index in [2.05, 4.69) is 22.6 Å². The van der Waals surface area contributed by atoms with Crippen molar-refractivity contribution in [3.63, 3.8) is 0 Å². The minimum atomic E-state index is -1.59. The molecule has 0 aliphatic rings. The topological polar surface area (TPSA) is 18.5 Å². The summed E-state index contributed by atoms with van der Waals surface area (Å²) in [5.41, 5.74) is -0.748. The van der Waals surface area contributed by atoms with E-state index in [0.29, 0.717) is 15.1 Å². The van der Waals surface area contributed by atoms with Gasteiger partial charge in [0.2, 0.25) is 17.4 Å². The number of hydrogen-bond acceptors (Lipinski definition) is 2. The second kappa shape index (κ2) is 8.21. The van der Waals surface area contributed by atoms with Crippen LogP contribution in [-0.2, 0) is 0 Å². The molecule has 0 radical (unpaired) electrons. The van der Waals surface area contributed by atoms with Crippen LogP contribution in [0.15, 0.2) is 42.5 Å². The number of benzene rings is 3. The summed E-state index contributed by atoms with van der Waals surface area (Å²) in [5.74, 6) is -6.43. The molecule has 0 saturated carbocycles. The van der Waals surface area contributed by atoms with E-state index in [0.717, 1.165) is 10.5 Å². The van der Waals surface area contributed by atoms with Crippen LogP contribution in [0.5, 0.6) is 23.0 Å². The summed E-state index contributed by atoms with van der Waals surface area (Å²) >= 11 is 4.18. The van der Waals surface area contributed by atoms with Gasteiger partial charge < -0.3 is 9.47 Å². The van der Waals surface area contributed by atoms with E-state index < -0.39 is 34.6 Å².